The van der Waals surface area contributed by atoms with Gasteiger partial charge in [-0.25, -0.2) is 0 Å². The van der Waals surface area contributed by atoms with Crippen LogP contribution in [0.4, 0.5) is 0 Å². The van der Waals surface area contributed by atoms with Crippen molar-refractivity contribution in [2.75, 3.05) is 26.4 Å². The first-order valence-electron chi connectivity index (χ1n) is 6.62. The molecule has 0 amide bonds. The highest BCUT2D eigenvalue weighted by Gasteiger charge is 2.03. The Labute approximate surface area is 125 Å². The number of hydrogen-bond donors (Lipinski definition) is 1. The van der Waals surface area contributed by atoms with E-state index in [2.05, 4.69) is 19.2 Å². The lowest BCUT2D eigenvalue weighted by Crippen LogP contribution is -2.90. The average molecular weight is 307 g/mol. The van der Waals surface area contributed by atoms with E-state index >= 15 is 0 Å². The Morgan fingerprint density at radius 3 is 2.74 bits per heavy atom. The third kappa shape index (κ3) is 7.02. The van der Waals surface area contributed by atoms with Crippen LogP contribution in [0, 0.1) is 0 Å². The first-order valence-corrected chi connectivity index (χ1v) is 7.38. The Bertz CT molecular complexity index is 374. The minimum Gasteiger partial charge on any atom is -0.490 e. The van der Waals surface area contributed by atoms with Crippen molar-refractivity contribution >= 4 is 23.2 Å². The zero-order valence-corrected chi connectivity index (χ0v) is 13.0. The van der Waals surface area contributed by atoms with Crippen molar-refractivity contribution in [2.45, 2.75) is 26.3 Å². The first-order chi connectivity index (χ1) is 9.13. The normalized spacial score (nSPS) is 12.4. The molecule has 3 nitrogen and oxygen atoms in total. The van der Waals surface area contributed by atoms with Gasteiger partial charge in [-0.2, -0.15) is 0 Å². The fourth-order valence-corrected chi connectivity index (χ4v) is 1.84. The van der Waals surface area contributed by atoms with E-state index in [4.69, 9.17) is 32.7 Å². The van der Waals surface area contributed by atoms with Crippen molar-refractivity contribution in [1.29, 1.82) is 0 Å². The van der Waals surface area contributed by atoms with Gasteiger partial charge in [0.15, 0.2) is 0 Å². The molecule has 1 atom stereocenters. The summed E-state index contributed by atoms with van der Waals surface area (Å²) in [5.41, 5.74) is 0. The van der Waals surface area contributed by atoms with Gasteiger partial charge in [-0.1, -0.05) is 30.1 Å². The van der Waals surface area contributed by atoms with Crippen molar-refractivity contribution in [3.8, 4) is 5.75 Å². The molecule has 0 radical (unpaired) electrons. The molecule has 0 spiro atoms. The SMILES string of the molecule is CC[C@@H](C)[NH2+]CCOCCOc1cc(Cl)ccc1Cl. The van der Waals surface area contributed by atoms with Crippen molar-refractivity contribution in [3.63, 3.8) is 0 Å². The maximum absolute atomic E-state index is 5.98. The van der Waals surface area contributed by atoms with Crippen molar-refractivity contribution in [1.82, 2.24) is 0 Å². The molecule has 19 heavy (non-hydrogen) atoms. The quantitative estimate of drug-likeness (QED) is 0.712. The number of halogens is 2. The number of quaternary nitrogens is 1. The fourth-order valence-electron chi connectivity index (χ4n) is 1.50. The van der Waals surface area contributed by atoms with E-state index in [1.165, 1.54) is 6.42 Å². The van der Waals surface area contributed by atoms with Crippen LogP contribution in [0.25, 0.3) is 0 Å². The van der Waals surface area contributed by atoms with E-state index in [9.17, 15) is 0 Å². The van der Waals surface area contributed by atoms with E-state index in [1.54, 1.807) is 18.2 Å². The van der Waals surface area contributed by atoms with Crippen molar-refractivity contribution < 1.29 is 14.8 Å². The van der Waals surface area contributed by atoms with Gasteiger partial charge in [0, 0.05) is 11.1 Å². The number of ether oxygens (including phenoxy) is 2. The molecule has 0 heterocycles. The molecule has 0 aliphatic carbocycles. The van der Waals surface area contributed by atoms with Gasteiger partial charge in [0.2, 0.25) is 0 Å². The van der Waals surface area contributed by atoms with Crippen molar-refractivity contribution in [3.05, 3.63) is 28.2 Å². The number of nitrogens with two attached hydrogens (primary N) is 1. The largest absolute Gasteiger partial charge is 0.490 e. The van der Waals surface area contributed by atoms with Crippen LogP contribution >= 0.6 is 23.2 Å². The van der Waals surface area contributed by atoms with Crippen LogP contribution in [0.1, 0.15) is 20.3 Å². The predicted molar refractivity (Wildman–Crippen MR) is 79.3 cm³/mol. The zero-order valence-electron chi connectivity index (χ0n) is 11.5. The van der Waals surface area contributed by atoms with Crippen LogP contribution in [0.15, 0.2) is 18.2 Å². The summed E-state index contributed by atoms with van der Waals surface area (Å²) in [6, 6.07) is 5.82. The molecule has 0 aliphatic heterocycles. The highest BCUT2D eigenvalue weighted by Crippen LogP contribution is 2.27. The molecule has 5 heteroatoms. The second-order valence-electron chi connectivity index (χ2n) is 4.45. The third-order valence-corrected chi connectivity index (χ3v) is 3.40. The maximum Gasteiger partial charge on any atom is 0.139 e. The summed E-state index contributed by atoms with van der Waals surface area (Å²) >= 11 is 11.8. The van der Waals surface area contributed by atoms with Gasteiger partial charge in [0.25, 0.3) is 0 Å². The van der Waals surface area contributed by atoms with Crippen LogP contribution in [0.2, 0.25) is 10.0 Å². The second kappa shape index (κ2) is 9.43. The van der Waals surface area contributed by atoms with Gasteiger partial charge >= 0.3 is 0 Å². The summed E-state index contributed by atoms with van der Waals surface area (Å²) < 4.78 is 11.0. The number of rotatable bonds is 9. The Morgan fingerprint density at radius 2 is 2.00 bits per heavy atom. The zero-order chi connectivity index (χ0) is 14.1. The van der Waals surface area contributed by atoms with Crippen LogP contribution in [-0.2, 0) is 4.74 Å². The Balaban J connectivity index is 2.09. The van der Waals surface area contributed by atoms with E-state index in [-0.39, 0.29) is 0 Å². The van der Waals surface area contributed by atoms with Crippen LogP contribution in [0.3, 0.4) is 0 Å². The minimum absolute atomic E-state index is 0.476. The molecule has 0 saturated carbocycles. The summed E-state index contributed by atoms with van der Waals surface area (Å²) in [5.74, 6) is 0.601. The van der Waals surface area contributed by atoms with Crippen molar-refractivity contribution in [2.24, 2.45) is 0 Å². The van der Waals surface area contributed by atoms with E-state index in [0.29, 0.717) is 35.1 Å². The lowest BCUT2D eigenvalue weighted by Gasteiger charge is -2.10. The lowest BCUT2D eigenvalue weighted by atomic mass is 10.3. The summed E-state index contributed by atoms with van der Waals surface area (Å²) in [6.45, 7) is 7.14. The van der Waals surface area contributed by atoms with Gasteiger partial charge < -0.3 is 14.8 Å². The molecule has 0 aromatic heterocycles. The van der Waals surface area contributed by atoms with Gasteiger partial charge in [-0.05, 0) is 25.5 Å². The standard InChI is InChI=1S/C14H21Cl2NO2/c1-3-11(2)17-6-7-18-8-9-19-14-10-12(15)4-5-13(14)16/h4-5,10-11,17H,3,6-9H2,1-2H3/p+1/t11-/m1/s1. The molecule has 1 aromatic carbocycles. The number of benzene rings is 1. The van der Waals surface area contributed by atoms with Gasteiger partial charge in [0.05, 0.1) is 30.8 Å². The lowest BCUT2D eigenvalue weighted by molar-refractivity contribution is -0.687. The van der Waals surface area contributed by atoms with E-state index in [0.717, 1.165) is 13.2 Å². The van der Waals surface area contributed by atoms with E-state index in [1.807, 2.05) is 0 Å². The summed E-state index contributed by atoms with van der Waals surface area (Å²) in [5, 5.41) is 3.47. The molecule has 0 bridgehead atoms. The molecule has 0 fully saturated rings. The Kier molecular flexibility index (Phi) is 8.22. The third-order valence-electron chi connectivity index (χ3n) is 2.85. The second-order valence-corrected chi connectivity index (χ2v) is 5.29. The molecule has 0 aliphatic rings. The molecule has 1 rings (SSSR count). The molecule has 1 aromatic rings. The topological polar surface area (TPSA) is 35.1 Å². The molecule has 0 saturated heterocycles. The molecule has 0 unspecified atom stereocenters. The van der Waals surface area contributed by atoms with E-state index < -0.39 is 0 Å². The highest BCUT2D eigenvalue weighted by molar-refractivity contribution is 6.34. The Hall–Kier alpha value is -0.480. The summed E-state index contributed by atoms with van der Waals surface area (Å²) in [6.07, 6.45) is 1.18. The molecular formula is C14H22Cl2NO2+. The smallest absolute Gasteiger partial charge is 0.139 e. The summed E-state index contributed by atoms with van der Waals surface area (Å²) in [4.78, 5) is 0. The van der Waals surface area contributed by atoms with Crippen LogP contribution < -0.4 is 10.1 Å². The van der Waals surface area contributed by atoms with Crippen LogP contribution in [-0.4, -0.2) is 32.4 Å². The van der Waals surface area contributed by atoms with Crippen LogP contribution in [0.5, 0.6) is 5.75 Å². The van der Waals surface area contributed by atoms with Gasteiger partial charge in [-0.3, -0.25) is 0 Å². The predicted octanol–water partition coefficient (Wildman–Crippen LogP) is 2.75. The summed E-state index contributed by atoms with van der Waals surface area (Å²) in [7, 11) is 0. The fraction of sp³-hybridized carbons (Fsp3) is 0.571. The van der Waals surface area contributed by atoms with Gasteiger partial charge in [0.1, 0.15) is 12.4 Å². The average Bonchev–Trinajstić information content (AvgIpc) is 2.41. The maximum atomic E-state index is 5.98. The highest BCUT2D eigenvalue weighted by atomic mass is 35.5. The molecular weight excluding hydrogens is 285 g/mol. The molecule has 108 valence electrons. The Morgan fingerprint density at radius 1 is 1.21 bits per heavy atom. The molecule has 2 N–H and O–H groups in total. The minimum atomic E-state index is 0.476. The van der Waals surface area contributed by atoms with Gasteiger partial charge in [-0.15, -0.1) is 0 Å². The first kappa shape index (κ1) is 16.6. The monoisotopic (exact) mass is 306 g/mol. The number of hydrogen-bond acceptors (Lipinski definition) is 2.